The number of benzene rings is 1. The monoisotopic (exact) mass is 510 g/mol. The van der Waals surface area contributed by atoms with Crippen molar-refractivity contribution in [1.29, 1.82) is 0 Å². The number of ether oxygens (including phenoxy) is 2. The molecule has 6 nitrogen and oxygen atoms in total. The van der Waals surface area contributed by atoms with Crippen molar-refractivity contribution in [3.63, 3.8) is 0 Å². The molecule has 1 aliphatic rings. The summed E-state index contributed by atoms with van der Waals surface area (Å²) in [6.45, 7) is 8.29. The Morgan fingerprint density at radius 2 is 1.97 bits per heavy atom. The number of hydrogen-bond donors (Lipinski definition) is 0. The zero-order valence-electron chi connectivity index (χ0n) is 20.4. The molecule has 0 spiro atoms. The summed E-state index contributed by atoms with van der Waals surface area (Å²) in [5, 5.41) is 1.94. The van der Waals surface area contributed by atoms with Crippen LogP contribution in [-0.4, -0.2) is 23.2 Å². The zero-order chi connectivity index (χ0) is 24.9. The molecule has 3 aromatic rings. The lowest BCUT2D eigenvalue weighted by atomic mass is 10.0. The number of fused-ring (bicyclic) bond motifs is 1. The Kier molecular flexibility index (Phi) is 8.03. The standard InChI is InChI=1S/C27H30N2O4S2/c1-5-6-7-14-32-20-12-10-19(11-13-20)16-22-25(30)29-24(21-9-8-15-34-21)23(26(31)33-17(2)3)18(4)28-27(29)35-22/h8-13,15-17,24H,5-7,14H2,1-4H3/b22-16-/t24-/m1/s1. The molecule has 35 heavy (non-hydrogen) atoms. The summed E-state index contributed by atoms with van der Waals surface area (Å²) in [5.74, 6) is 0.379. The Labute approximate surface area is 212 Å². The number of thiophene rings is 1. The summed E-state index contributed by atoms with van der Waals surface area (Å²) in [4.78, 5) is 32.7. The predicted molar refractivity (Wildman–Crippen MR) is 141 cm³/mol. The second-order valence-corrected chi connectivity index (χ2v) is 10.7. The average Bonchev–Trinajstić information content (AvgIpc) is 3.45. The topological polar surface area (TPSA) is 69.9 Å². The Bertz CT molecular complexity index is 1380. The van der Waals surface area contributed by atoms with Gasteiger partial charge in [-0.1, -0.05) is 49.3 Å². The molecule has 0 radical (unpaired) electrons. The highest BCUT2D eigenvalue weighted by atomic mass is 32.1. The first-order valence-corrected chi connectivity index (χ1v) is 13.6. The lowest BCUT2D eigenvalue weighted by Crippen LogP contribution is -2.39. The molecule has 8 heteroatoms. The highest BCUT2D eigenvalue weighted by molar-refractivity contribution is 7.10. The van der Waals surface area contributed by atoms with E-state index in [2.05, 4.69) is 11.9 Å². The maximum Gasteiger partial charge on any atom is 0.338 e. The van der Waals surface area contributed by atoms with Crippen molar-refractivity contribution in [3.05, 3.63) is 83.2 Å². The van der Waals surface area contributed by atoms with Crippen molar-refractivity contribution in [3.8, 4) is 5.75 Å². The molecule has 0 bridgehead atoms. The van der Waals surface area contributed by atoms with Gasteiger partial charge in [-0.25, -0.2) is 9.79 Å². The minimum Gasteiger partial charge on any atom is -0.494 e. The fourth-order valence-corrected chi connectivity index (χ4v) is 5.80. The second kappa shape index (κ2) is 11.2. The van der Waals surface area contributed by atoms with Gasteiger partial charge in [0, 0.05) is 4.88 Å². The zero-order valence-corrected chi connectivity index (χ0v) is 22.1. The summed E-state index contributed by atoms with van der Waals surface area (Å²) in [6, 6.07) is 11.0. The quantitative estimate of drug-likeness (QED) is 0.306. The van der Waals surface area contributed by atoms with Crippen LogP contribution in [0.1, 0.15) is 63.4 Å². The number of esters is 1. The Morgan fingerprint density at radius 1 is 1.20 bits per heavy atom. The molecule has 0 aliphatic carbocycles. The molecule has 0 fully saturated rings. The van der Waals surface area contributed by atoms with E-state index >= 15 is 0 Å². The molecule has 184 valence electrons. The van der Waals surface area contributed by atoms with Gasteiger partial charge in [-0.05, 0) is 62.4 Å². The molecule has 3 heterocycles. The summed E-state index contributed by atoms with van der Waals surface area (Å²) >= 11 is 2.83. The van der Waals surface area contributed by atoms with E-state index in [1.165, 1.54) is 22.7 Å². The Balaban J connectivity index is 1.71. The van der Waals surface area contributed by atoms with Crippen LogP contribution in [0.2, 0.25) is 0 Å². The van der Waals surface area contributed by atoms with Crippen LogP contribution >= 0.6 is 22.7 Å². The molecule has 0 N–H and O–H groups in total. The van der Waals surface area contributed by atoms with Crippen LogP contribution in [-0.2, 0) is 9.53 Å². The summed E-state index contributed by atoms with van der Waals surface area (Å²) in [7, 11) is 0. The minimum absolute atomic E-state index is 0.172. The molecule has 0 saturated heterocycles. The molecule has 1 aliphatic heterocycles. The van der Waals surface area contributed by atoms with Gasteiger partial charge in [0.15, 0.2) is 4.80 Å². The Hall–Kier alpha value is -2.97. The molecular weight excluding hydrogens is 480 g/mol. The number of carbonyl (C=O) groups excluding carboxylic acids is 1. The predicted octanol–water partition coefficient (Wildman–Crippen LogP) is 4.82. The van der Waals surface area contributed by atoms with Gasteiger partial charge in [0.2, 0.25) is 0 Å². The third-order valence-electron chi connectivity index (χ3n) is 5.59. The van der Waals surface area contributed by atoms with E-state index in [0.717, 1.165) is 35.5 Å². The Morgan fingerprint density at radius 3 is 2.63 bits per heavy atom. The number of hydrogen-bond acceptors (Lipinski definition) is 7. The SMILES string of the molecule is CCCCCOc1ccc(/C=c2\sc3n(c2=O)[C@H](c2cccs2)C(C(=O)OC(C)C)=C(C)N=3)cc1. The van der Waals surface area contributed by atoms with Crippen LogP contribution in [0.5, 0.6) is 5.75 Å². The van der Waals surface area contributed by atoms with Crippen LogP contribution in [0, 0.1) is 0 Å². The van der Waals surface area contributed by atoms with Gasteiger partial charge in [0.1, 0.15) is 11.8 Å². The summed E-state index contributed by atoms with van der Waals surface area (Å²) in [5.41, 5.74) is 1.71. The number of nitrogens with zero attached hydrogens (tertiary/aromatic N) is 2. The van der Waals surface area contributed by atoms with Crippen molar-refractivity contribution in [2.45, 2.75) is 59.1 Å². The number of rotatable bonds is 9. The first-order chi connectivity index (χ1) is 16.9. The molecule has 2 aromatic heterocycles. The van der Waals surface area contributed by atoms with Gasteiger partial charge in [-0.15, -0.1) is 11.3 Å². The highest BCUT2D eigenvalue weighted by Gasteiger charge is 2.34. The van der Waals surface area contributed by atoms with Crippen molar-refractivity contribution in [2.75, 3.05) is 6.61 Å². The first-order valence-electron chi connectivity index (χ1n) is 11.9. The van der Waals surface area contributed by atoms with Gasteiger partial charge in [-0.3, -0.25) is 9.36 Å². The van der Waals surface area contributed by atoms with Crippen molar-refractivity contribution in [1.82, 2.24) is 4.57 Å². The van der Waals surface area contributed by atoms with E-state index in [1.807, 2.05) is 61.7 Å². The van der Waals surface area contributed by atoms with E-state index in [-0.39, 0.29) is 11.7 Å². The van der Waals surface area contributed by atoms with E-state index in [9.17, 15) is 9.59 Å². The molecule has 0 saturated carbocycles. The van der Waals surface area contributed by atoms with E-state index < -0.39 is 12.0 Å². The average molecular weight is 511 g/mol. The van der Waals surface area contributed by atoms with E-state index in [4.69, 9.17) is 9.47 Å². The number of carbonyl (C=O) groups is 1. The molecule has 0 unspecified atom stereocenters. The fraction of sp³-hybridized carbons (Fsp3) is 0.370. The lowest BCUT2D eigenvalue weighted by Gasteiger charge is -2.24. The fourth-order valence-electron chi connectivity index (χ4n) is 3.93. The minimum atomic E-state index is -0.557. The van der Waals surface area contributed by atoms with Crippen LogP contribution in [0.3, 0.4) is 0 Å². The van der Waals surface area contributed by atoms with Crippen LogP contribution < -0.4 is 19.6 Å². The largest absolute Gasteiger partial charge is 0.494 e. The third kappa shape index (κ3) is 5.65. The molecule has 1 atom stereocenters. The summed E-state index contributed by atoms with van der Waals surface area (Å²) < 4.78 is 13.5. The molecule has 1 aromatic carbocycles. The van der Waals surface area contributed by atoms with Gasteiger partial charge in [0.25, 0.3) is 5.56 Å². The molecule has 4 rings (SSSR count). The van der Waals surface area contributed by atoms with Crippen LogP contribution in [0.4, 0.5) is 0 Å². The number of allylic oxidation sites excluding steroid dienone is 1. The second-order valence-electron chi connectivity index (χ2n) is 8.68. The first kappa shape index (κ1) is 25.1. The van der Waals surface area contributed by atoms with Gasteiger partial charge < -0.3 is 9.47 Å². The van der Waals surface area contributed by atoms with Crippen LogP contribution in [0.15, 0.2) is 62.8 Å². The van der Waals surface area contributed by atoms with Gasteiger partial charge >= 0.3 is 5.97 Å². The van der Waals surface area contributed by atoms with Gasteiger partial charge in [-0.2, -0.15) is 0 Å². The summed E-state index contributed by atoms with van der Waals surface area (Å²) in [6.07, 6.45) is 4.95. The van der Waals surface area contributed by atoms with E-state index in [0.29, 0.717) is 27.2 Å². The number of unbranched alkanes of at least 4 members (excludes halogenated alkanes) is 2. The number of thiazole rings is 1. The third-order valence-corrected chi connectivity index (χ3v) is 7.50. The van der Waals surface area contributed by atoms with E-state index in [1.54, 1.807) is 11.5 Å². The van der Waals surface area contributed by atoms with Gasteiger partial charge in [0.05, 0.1) is 28.5 Å². The number of aromatic nitrogens is 1. The smallest absolute Gasteiger partial charge is 0.338 e. The maximum atomic E-state index is 13.6. The van der Waals surface area contributed by atoms with Crippen molar-refractivity contribution >= 4 is 34.7 Å². The van der Waals surface area contributed by atoms with Crippen molar-refractivity contribution in [2.24, 2.45) is 4.99 Å². The normalized spacial score (nSPS) is 15.8. The molecular formula is C27H30N2O4S2. The maximum absolute atomic E-state index is 13.6. The molecule has 0 amide bonds. The van der Waals surface area contributed by atoms with Crippen molar-refractivity contribution < 1.29 is 14.3 Å². The van der Waals surface area contributed by atoms with Crippen LogP contribution in [0.25, 0.3) is 6.08 Å². The highest BCUT2D eigenvalue weighted by Crippen LogP contribution is 2.33. The lowest BCUT2D eigenvalue weighted by molar-refractivity contribution is -0.143.